The smallest absolute Gasteiger partial charge is 0.460 e. The maximum Gasteiger partial charge on any atom is 0.460 e. The topological polar surface area (TPSA) is 37.3 Å². The first-order valence-electron chi connectivity index (χ1n) is 4.78. The van der Waals surface area contributed by atoms with E-state index in [1.165, 1.54) is 0 Å². The van der Waals surface area contributed by atoms with Crippen molar-refractivity contribution in [2.45, 2.75) is 42.5 Å². The van der Waals surface area contributed by atoms with Crippen LogP contribution in [-0.2, 0) is 4.79 Å². The normalized spacial score (nSPS) is 16.5. The Morgan fingerprint density at radius 1 is 0.773 bits per heavy atom. The average Bonchev–Trinajstić information content (AvgIpc) is 2.25. The second-order valence-corrected chi connectivity index (χ2v) is 3.91. The Kier molecular flexibility index (Phi) is 5.03. The number of halogens is 12. The van der Waals surface area contributed by atoms with Gasteiger partial charge in [0, 0.05) is 0 Å². The molecule has 1 unspecified atom stereocenters. The van der Waals surface area contributed by atoms with Crippen LogP contribution in [0.25, 0.3) is 0 Å². The van der Waals surface area contributed by atoms with E-state index in [-0.39, 0.29) is 0 Å². The molecule has 0 aliphatic rings. The van der Waals surface area contributed by atoms with E-state index in [9.17, 15) is 57.5 Å². The third-order valence-corrected chi connectivity index (χ3v) is 2.31. The number of carbonyl (C=O) groups is 1. The zero-order valence-electron chi connectivity index (χ0n) is 9.68. The molecule has 0 spiro atoms. The van der Waals surface area contributed by atoms with E-state index in [0.717, 1.165) is 0 Å². The fourth-order valence-electron chi connectivity index (χ4n) is 1.06. The van der Waals surface area contributed by atoms with Crippen LogP contribution in [0.2, 0.25) is 0 Å². The molecule has 0 aromatic carbocycles. The molecule has 0 aliphatic carbocycles. The molecule has 0 aromatic heterocycles. The molecule has 0 fully saturated rings. The summed E-state index contributed by atoms with van der Waals surface area (Å²) in [6.45, 7) is 0. The van der Waals surface area contributed by atoms with Gasteiger partial charge in [0.05, 0.1) is 6.42 Å². The highest BCUT2D eigenvalue weighted by Gasteiger charge is 2.88. The SMILES string of the molecule is O=C(O)CC(F)C(F)(F)C(F)(F)C(F)(F)C(F)(F)C(F)(F)F. The summed E-state index contributed by atoms with van der Waals surface area (Å²) in [6, 6.07) is 0. The average molecular weight is 360 g/mol. The maximum absolute atomic E-state index is 12.8. The molecule has 0 aliphatic heterocycles. The minimum absolute atomic E-state index is 2.53. The Balaban J connectivity index is 5.94. The van der Waals surface area contributed by atoms with Gasteiger partial charge in [-0.2, -0.15) is 48.3 Å². The predicted octanol–water partition coefficient (Wildman–Crippen LogP) is 3.90. The fraction of sp³-hybridized carbons (Fsp3) is 0.875. The van der Waals surface area contributed by atoms with Crippen LogP contribution in [-0.4, -0.2) is 47.1 Å². The molecule has 0 amide bonds. The second-order valence-electron chi connectivity index (χ2n) is 3.91. The number of hydrogen-bond donors (Lipinski definition) is 1. The standard InChI is InChI=1S/C8H4F12O2/c9-2(1-3(21)22)4(10,11)5(12,13)6(14,15)7(16,17)8(18,19)20/h2H,1H2,(H,21,22). The second kappa shape index (κ2) is 5.37. The molecule has 2 nitrogen and oxygen atoms in total. The third kappa shape index (κ3) is 2.91. The van der Waals surface area contributed by atoms with Gasteiger partial charge in [-0.15, -0.1) is 0 Å². The molecule has 1 N–H and O–H groups in total. The first kappa shape index (κ1) is 20.6. The zero-order chi connectivity index (χ0) is 18.4. The van der Waals surface area contributed by atoms with Gasteiger partial charge >= 0.3 is 35.8 Å². The molecule has 0 bridgehead atoms. The molecular formula is C8H4F12O2. The Morgan fingerprint density at radius 2 is 1.14 bits per heavy atom. The van der Waals surface area contributed by atoms with Crippen LogP contribution in [0.15, 0.2) is 0 Å². The number of carboxylic acid groups (broad SMARTS) is 1. The summed E-state index contributed by atoms with van der Waals surface area (Å²) < 4.78 is 149. The molecule has 0 heterocycles. The van der Waals surface area contributed by atoms with Crippen LogP contribution < -0.4 is 0 Å². The van der Waals surface area contributed by atoms with Crippen molar-refractivity contribution in [1.82, 2.24) is 0 Å². The molecule has 22 heavy (non-hydrogen) atoms. The largest absolute Gasteiger partial charge is 0.481 e. The van der Waals surface area contributed by atoms with Crippen molar-refractivity contribution in [3.05, 3.63) is 0 Å². The van der Waals surface area contributed by atoms with Crippen molar-refractivity contribution in [2.24, 2.45) is 0 Å². The Morgan fingerprint density at radius 3 is 1.41 bits per heavy atom. The summed E-state index contributed by atoms with van der Waals surface area (Å²) in [4.78, 5) is 9.86. The number of alkyl halides is 12. The van der Waals surface area contributed by atoms with Crippen LogP contribution in [0.5, 0.6) is 0 Å². The Bertz CT molecular complexity index is 425. The number of rotatable bonds is 6. The van der Waals surface area contributed by atoms with E-state index >= 15 is 0 Å². The molecule has 14 heteroatoms. The summed E-state index contributed by atoms with van der Waals surface area (Å²) in [5, 5.41) is 7.87. The number of aliphatic carboxylic acids is 1. The van der Waals surface area contributed by atoms with Gasteiger partial charge in [-0.1, -0.05) is 0 Å². The molecule has 0 radical (unpaired) electrons. The van der Waals surface area contributed by atoms with E-state index in [0.29, 0.717) is 0 Å². The van der Waals surface area contributed by atoms with Crippen LogP contribution in [0.4, 0.5) is 52.7 Å². The lowest BCUT2D eigenvalue weighted by molar-refractivity contribution is -0.426. The molecular weight excluding hydrogens is 356 g/mol. The van der Waals surface area contributed by atoms with E-state index in [4.69, 9.17) is 5.11 Å². The van der Waals surface area contributed by atoms with Gasteiger partial charge in [-0.05, 0) is 0 Å². The fourth-order valence-corrected chi connectivity index (χ4v) is 1.06. The lowest BCUT2D eigenvalue weighted by atomic mass is 9.94. The van der Waals surface area contributed by atoms with Gasteiger partial charge in [-0.3, -0.25) is 4.79 Å². The highest BCUT2D eigenvalue weighted by atomic mass is 19.4. The van der Waals surface area contributed by atoms with E-state index < -0.39 is 48.4 Å². The third-order valence-electron chi connectivity index (χ3n) is 2.31. The van der Waals surface area contributed by atoms with Gasteiger partial charge in [0.2, 0.25) is 0 Å². The van der Waals surface area contributed by atoms with Crippen molar-refractivity contribution in [3.8, 4) is 0 Å². The zero-order valence-corrected chi connectivity index (χ0v) is 9.68. The molecule has 0 rings (SSSR count). The lowest BCUT2D eigenvalue weighted by Crippen LogP contribution is -2.68. The molecule has 1 atom stereocenters. The lowest BCUT2D eigenvalue weighted by Gasteiger charge is -2.38. The predicted molar refractivity (Wildman–Crippen MR) is 43.0 cm³/mol. The summed E-state index contributed by atoms with van der Waals surface area (Å²) in [7, 11) is 0. The number of hydrogen-bond acceptors (Lipinski definition) is 1. The summed E-state index contributed by atoms with van der Waals surface area (Å²) in [5.74, 6) is -32.3. The van der Waals surface area contributed by atoms with Crippen molar-refractivity contribution < 1.29 is 62.6 Å². The first-order chi connectivity index (χ1) is 9.34. The van der Waals surface area contributed by atoms with Crippen LogP contribution >= 0.6 is 0 Å². The van der Waals surface area contributed by atoms with Gasteiger partial charge < -0.3 is 5.11 Å². The monoisotopic (exact) mass is 360 g/mol. The number of carboxylic acids is 1. The van der Waals surface area contributed by atoms with Gasteiger partial charge in [-0.25, -0.2) is 4.39 Å². The minimum Gasteiger partial charge on any atom is -0.481 e. The molecule has 0 aromatic rings. The highest BCUT2D eigenvalue weighted by molar-refractivity contribution is 5.67. The molecule has 132 valence electrons. The summed E-state index contributed by atoms with van der Waals surface area (Å²) in [6.07, 6.45) is -14.5. The van der Waals surface area contributed by atoms with E-state index in [1.807, 2.05) is 0 Å². The Labute approximate surface area is 112 Å². The summed E-state index contributed by atoms with van der Waals surface area (Å²) >= 11 is 0. The van der Waals surface area contributed by atoms with E-state index in [2.05, 4.69) is 0 Å². The molecule has 0 saturated heterocycles. The quantitative estimate of drug-likeness (QED) is 0.730. The minimum atomic E-state index is -7.75. The van der Waals surface area contributed by atoms with Crippen molar-refractivity contribution in [1.29, 1.82) is 0 Å². The van der Waals surface area contributed by atoms with Crippen molar-refractivity contribution in [2.75, 3.05) is 0 Å². The molecule has 0 saturated carbocycles. The van der Waals surface area contributed by atoms with Crippen LogP contribution in [0.1, 0.15) is 6.42 Å². The maximum atomic E-state index is 12.8. The van der Waals surface area contributed by atoms with Crippen LogP contribution in [0, 0.1) is 0 Å². The Hall–Kier alpha value is -1.37. The van der Waals surface area contributed by atoms with Gasteiger partial charge in [0.25, 0.3) is 0 Å². The first-order valence-corrected chi connectivity index (χ1v) is 4.78. The van der Waals surface area contributed by atoms with Gasteiger partial charge in [0.15, 0.2) is 6.17 Å². The van der Waals surface area contributed by atoms with Gasteiger partial charge in [0.1, 0.15) is 0 Å². The van der Waals surface area contributed by atoms with Crippen molar-refractivity contribution >= 4 is 5.97 Å². The van der Waals surface area contributed by atoms with Crippen molar-refractivity contribution in [3.63, 3.8) is 0 Å². The summed E-state index contributed by atoms with van der Waals surface area (Å²) in [5.41, 5.74) is 0. The van der Waals surface area contributed by atoms with Crippen LogP contribution in [0.3, 0.4) is 0 Å². The highest BCUT2D eigenvalue weighted by Crippen LogP contribution is 2.58. The van der Waals surface area contributed by atoms with E-state index in [1.54, 1.807) is 0 Å².